The first kappa shape index (κ1) is 148. The lowest BCUT2D eigenvalue weighted by atomic mass is 9.69. The Kier molecular flexibility index (Phi) is 87.6. The topological polar surface area (TPSA) is 223 Å². The Bertz CT molecular complexity index is 2880. The van der Waals surface area contributed by atoms with Gasteiger partial charge < -0.3 is 56.2 Å². The van der Waals surface area contributed by atoms with Crippen molar-refractivity contribution in [1.82, 2.24) is 0 Å². The number of fused-ring (bicyclic) bond motifs is 14. The summed E-state index contributed by atoms with van der Waals surface area (Å²) in [6.45, 7) is 65.5. The molecular formula is C139H278O11. The van der Waals surface area contributed by atoms with E-state index in [1.54, 1.807) is 288 Å². The molecule has 11 nitrogen and oxygen atoms in total. The molecule has 0 radical (unpaired) electrons. The van der Waals surface area contributed by atoms with Gasteiger partial charge in [-0.3, -0.25) is 0 Å². The largest absolute Gasteiger partial charge is 0.397 e. The van der Waals surface area contributed by atoms with E-state index >= 15 is 0 Å². The fourth-order valence-electron chi connectivity index (χ4n) is 35.3. The van der Waals surface area contributed by atoms with Gasteiger partial charge in [0.25, 0.3) is 0 Å². The van der Waals surface area contributed by atoms with Crippen molar-refractivity contribution in [3.05, 3.63) is 0 Å². The van der Waals surface area contributed by atoms with Gasteiger partial charge in [0.2, 0.25) is 0 Å². The van der Waals surface area contributed by atoms with Gasteiger partial charge in [-0.05, 0) is 505 Å². The average Bonchev–Trinajstić information content (AvgIpc) is 1.63. The monoisotopic (exact) mass is 2120 g/mol. The molecule has 0 amide bonds. The highest BCUT2D eigenvalue weighted by Gasteiger charge is 2.49. The molecule has 11 N–H and O–H groups in total. The van der Waals surface area contributed by atoms with Crippen LogP contribution in [0.2, 0.25) is 0 Å². The van der Waals surface area contributed by atoms with Crippen molar-refractivity contribution >= 4 is 0 Å². The Morgan fingerprint density at radius 2 is 0.640 bits per heavy atom. The van der Waals surface area contributed by atoms with Crippen molar-refractivity contribution in [3.8, 4) is 0 Å². The predicted molar refractivity (Wildman–Crippen MR) is 655 cm³/mol. The number of aliphatic hydroxyl groups excluding tert-OH is 11. The summed E-state index contributed by atoms with van der Waals surface area (Å²) < 4.78 is 0. The summed E-state index contributed by atoms with van der Waals surface area (Å²) >= 11 is 0. The van der Waals surface area contributed by atoms with Crippen molar-refractivity contribution in [2.45, 2.75) is 586 Å². The van der Waals surface area contributed by atoms with Crippen LogP contribution in [-0.2, 0) is 0 Å². The van der Waals surface area contributed by atoms with Crippen LogP contribution < -0.4 is 0 Å². The SMILES string of the molecule is CC1CCCC2C(CO)CCC12.CCC(C)(C)C1CC2CCC1C2.CCC(C)CC1CC2CCC1C2.CCC1CC2CCC(C)CC2C1.CCC1CC2CCCC(C)C2C1.CCC1CCC2CC(C)CCC12.CCC1CCC2CCC(C)CC12.CCC1CCC2CCCC(C)C12.CCCC(C)C1CC2CCC1C2.CCCCCC1CC2CCC1C2.CCO.CCO.CCO.CCO.CCO.CCO.CCO.CCO.CCO.CCO. The molecule has 20 aliphatic carbocycles. The predicted octanol–water partition coefficient (Wildman–Crippen LogP) is 37.3. The number of rotatable bonds is 18. The molecule has 0 aromatic heterocycles. The molecule has 38 atom stereocenters. The molecule has 20 saturated carbocycles. The summed E-state index contributed by atoms with van der Waals surface area (Å²) in [5.74, 6) is 40.8. The third-order valence-electron chi connectivity index (χ3n) is 43.2. The van der Waals surface area contributed by atoms with Gasteiger partial charge in [0.05, 0.1) is 0 Å². The lowest BCUT2D eigenvalue weighted by Crippen LogP contribution is -2.27. The van der Waals surface area contributed by atoms with Crippen LogP contribution in [-0.4, -0.2) is 129 Å². The molecule has 8 bridgehead atoms. The van der Waals surface area contributed by atoms with Crippen molar-refractivity contribution in [3.63, 3.8) is 0 Å². The third kappa shape index (κ3) is 55.2. The first-order valence-electron chi connectivity index (χ1n) is 67.8. The smallest absolute Gasteiger partial charge is 0.0462 e. The fourth-order valence-corrected chi connectivity index (χ4v) is 35.3. The summed E-state index contributed by atoms with van der Waals surface area (Å²) in [5.41, 5.74) is 0.625. The van der Waals surface area contributed by atoms with E-state index in [1.165, 1.54) is 167 Å². The molecule has 0 spiro atoms. The van der Waals surface area contributed by atoms with Gasteiger partial charge in [-0.2, -0.15) is 0 Å². The Hall–Kier alpha value is -0.440. The second kappa shape index (κ2) is 89.1. The van der Waals surface area contributed by atoms with Crippen LogP contribution in [0.5, 0.6) is 0 Å². The van der Waals surface area contributed by atoms with Crippen LogP contribution in [0.1, 0.15) is 586 Å². The van der Waals surface area contributed by atoms with E-state index < -0.39 is 0 Å². The van der Waals surface area contributed by atoms with Crippen LogP contribution in [0.15, 0.2) is 0 Å². The second-order valence-electron chi connectivity index (χ2n) is 54.2. The van der Waals surface area contributed by atoms with E-state index in [4.69, 9.17) is 51.1 Å². The van der Waals surface area contributed by atoms with Gasteiger partial charge in [0, 0.05) is 72.7 Å². The minimum Gasteiger partial charge on any atom is -0.397 e. The molecule has 0 heterocycles. The standard InChI is InChI=1S/9C12H22.C11H20O.10C2H6O/c1-4-12(2,3)11-8-9-5-6-10(11)7-9;1-3-10-5-6-11-8-9(2)4-7-12(10)11;1-3-10-7-11-5-4-9(2)6-12(11)8-10;1-3-9(2)6-12-8-10-4-5-11(12)7-10;1-3-10-6-7-11-5-4-9(2)8-12(10)11;1-3-10-7-11-6-4-5-9(2)12(11)8-10;1-3-10-7-8-11-6-4-5-9(2)12(10)11;1-3-4-9(2)12-8-10-5-6-11(12)7-10;1-2-3-4-5-11-8-10-6-7-12(11)9-10;1-8-3-2-4-11-9(7-12)5-6-10(8)11;10*1-2-3/h9-11H,4-8H2,1-3H3;7*9-12H,3-8H2,1-2H3;10-12H,2-9H2,1H3;8-12H,2-7H2,1H3;10*3H,2H2,1H3. The van der Waals surface area contributed by atoms with E-state index in [0.29, 0.717) is 17.9 Å². The zero-order valence-electron chi connectivity index (χ0n) is 107. The van der Waals surface area contributed by atoms with E-state index in [-0.39, 0.29) is 66.1 Å². The molecule has 11 heteroatoms. The maximum atomic E-state index is 9.19. The minimum absolute atomic E-state index is 0.250. The first-order valence-corrected chi connectivity index (χ1v) is 67.8. The molecule has 0 aromatic rings. The molecule has 20 rings (SSSR count). The Balaban J connectivity index is 0.000000809. The van der Waals surface area contributed by atoms with E-state index in [9.17, 15) is 5.11 Å². The molecule has 150 heavy (non-hydrogen) atoms. The van der Waals surface area contributed by atoms with E-state index in [0.717, 1.165) is 219 Å². The molecular weight excluding hydrogens is 1850 g/mol. The average molecular weight is 2130 g/mol. The van der Waals surface area contributed by atoms with E-state index in [1.807, 2.05) is 0 Å². The lowest BCUT2D eigenvalue weighted by Gasteiger charge is -2.36. The van der Waals surface area contributed by atoms with Crippen molar-refractivity contribution < 1.29 is 56.2 Å². The van der Waals surface area contributed by atoms with Gasteiger partial charge in [-0.15, -0.1) is 0 Å². The maximum Gasteiger partial charge on any atom is 0.0462 e. The third-order valence-corrected chi connectivity index (χ3v) is 43.2. The summed E-state index contributed by atoms with van der Waals surface area (Å²) in [6, 6.07) is 0. The Morgan fingerprint density at radius 1 is 0.253 bits per heavy atom. The summed E-state index contributed by atoms with van der Waals surface area (Å²) in [4.78, 5) is 0. The highest BCUT2D eigenvalue weighted by molar-refractivity contribution is 5.00. The fraction of sp³-hybridized carbons (Fsp3) is 1.00. The molecule has 0 aliphatic heterocycles. The zero-order valence-corrected chi connectivity index (χ0v) is 107. The van der Waals surface area contributed by atoms with Crippen molar-refractivity contribution in [2.24, 2.45) is 230 Å². The number of hydrogen-bond donors (Lipinski definition) is 11. The first-order chi connectivity index (χ1) is 72.1. The van der Waals surface area contributed by atoms with Crippen LogP contribution in [0.4, 0.5) is 0 Å². The Labute approximate surface area is 939 Å². The van der Waals surface area contributed by atoms with Gasteiger partial charge in [-0.25, -0.2) is 0 Å². The minimum atomic E-state index is 0.250. The summed E-state index contributed by atoms with van der Waals surface area (Å²) in [7, 11) is 0. The number of aliphatic hydroxyl groups is 11. The van der Waals surface area contributed by atoms with Crippen molar-refractivity contribution in [1.29, 1.82) is 0 Å². The normalized spacial score (nSPS) is 37.1. The van der Waals surface area contributed by atoms with Crippen LogP contribution in [0.3, 0.4) is 0 Å². The van der Waals surface area contributed by atoms with Crippen LogP contribution >= 0.6 is 0 Å². The van der Waals surface area contributed by atoms with Crippen LogP contribution in [0.25, 0.3) is 0 Å². The number of unbranched alkanes of at least 4 members (excludes halogenated alkanes) is 2. The number of hydrogen-bond acceptors (Lipinski definition) is 11. The van der Waals surface area contributed by atoms with Crippen LogP contribution in [0, 0.1) is 230 Å². The summed E-state index contributed by atoms with van der Waals surface area (Å²) in [5, 5.41) is 84.9. The second-order valence-corrected chi connectivity index (χ2v) is 54.2. The highest BCUT2D eigenvalue weighted by atomic mass is 16.3. The van der Waals surface area contributed by atoms with Gasteiger partial charge in [0.1, 0.15) is 0 Å². The molecule has 20 fully saturated rings. The molecule has 0 saturated heterocycles. The van der Waals surface area contributed by atoms with Gasteiger partial charge >= 0.3 is 0 Å². The van der Waals surface area contributed by atoms with E-state index in [2.05, 4.69) is 132 Å². The summed E-state index contributed by atoms with van der Waals surface area (Å²) in [6.07, 6.45) is 90.6. The Morgan fingerprint density at radius 3 is 1.09 bits per heavy atom. The zero-order chi connectivity index (χ0) is 113. The van der Waals surface area contributed by atoms with Gasteiger partial charge in [-0.1, -0.05) is 311 Å². The lowest BCUT2D eigenvalue weighted by molar-refractivity contribution is 0.124. The molecule has 38 unspecified atom stereocenters. The van der Waals surface area contributed by atoms with Crippen molar-refractivity contribution in [2.75, 3.05) is 72.7 Å². The molecule has 20 aliphatic rings. The van der Waals surface area contributed by atoms with Gasteiger partial charge in [0.15, 0.2) is 0 Å². The highest BCUT2D eigenvalue weighted by Crippen LogP contribution is 2.59. The molecule has 900 valence electrons. The quantitative estimate of drug-likeness (QED) is 0.0580. The molecule has 0 aromatic carbocycles. The maximum absolute atomic E-state index is 9.19.